The van der Waals surface area contributed by atoms with Crippen molar-refractivity contribution in [2.24, 2.45) is 5.92 Å². The van der Waals surface area contributed by atoms with Crippen molar-refractivity contribution in [1.82, 2.24) is 15.1 Å². The molecule has 242 valence electrons. The maximum absolute atomic E-state index is 14.1. The zero-order valence-corrected chi connectivity index (χ0v) is 26.9. The maximum atomic E-state index is 14.1. The highest BCUT2D eigenvalue weighted by Crippen LogP contribution is 2.41. The van der Waals surface area contributed by atoms with Crippen LogP contribution in [0.15, 0.2) is 48.7 Å². The molecule has 0 bridgehead atoms. The summed E-state index contributed by atoms with van der Waals surface area (Å²) in [4.78, 5) is 68.7. The van der Waals surface area contributed by atoms with Gasteiger partial charge in [0.1, 0.15) is 18.6 Å². The average molecular weight is 624 g/mol. The van der Waals surface area contributed by atoms with Crippen LogP contribution in [0.2, 0.25) is 0 Å². The van der Waals surface area contributed by atoms with Crippen molar-refractivity contribution in [3.8, 4) is 17.2 Å². The van der Waals surface area contributed by atoms with E-state index in [1.54, 1.807) is 70.2 Å². The van der Waals surface area contributed by atoms with Crippen LogP contribution in [0.3, 0.4) is 0 Å². The zero-order chi connectivity index (χ0) is 33.4. The van der Waals surface area contributed by atoms with Gasteiger partial charge in [0.2, 0.25) is 17.6 Å². The van der Waals surface area contributed by atoms with Crippen LogP contribution in [0.1, 0.15) is 45.7 Å². The monoisotopic (exact) mass is 623 g/mol. The summed E-state index contributed by atoms with van der Waals surface area (Å²) < 4.78 is 21.5. The topological polar surface area (TPSA) is 141 Å². The molecule has 1 N–H and O–H groups in total. The summed E-state index contributed by atoms with van der Waals surface area (Å²) in [5.41, 5.74) is 1.32. The Morgan fingerprint density at radius 2 is 1.51 bits per heavy atom. The molecule has 3 rings (SSSR count). The van der Waals surface area contributed by atoms with E-state index >= 15 is 0 Å². The second-order valence-electron chi connectivity index (χ2n) is 11.1. The quantitative estimate of drug-likeness (QED) is 0.263. The van der Waals surface area contributed by atoms with Gasteiger partial charge in [-0.05, 0) is 37.5 Å². The molecule has 0 saturated carbocycles. The van der Waals surface area contributed by atoms with Crippen molar-refractivity contribution < 1.29 is 42.9 Å². The Bertz CT molecular complexity index is 1430. The van der Waals surface area contributed by atoms with Gasteiger partial charge in [-0.1, -0.05) is 44.2 Å². The molecule has 1 aliphatic heterocycles. The van der Waals surface area contributed by atoms with Gasteiger partial charge >= 0.3 is 5.97 Å². The fraction of sp³-hybridized carbons (Fsp3) is 0.424. The molecule has 2 aromatic rings. The first kappa shape index (κ1) is 34.6. The number of hydrogen-bond donors (Lipinski definition) is 1. The number of hydrogen-bond acceptors (Lipinski definition) is 9. The number of benzene rings is 2. The highest BCUT2D eigenvalue weighted by molar-refractivity contribution is 6.36. The normalized spacial score (nSPS) is 15.4. The highest BCUT2D eigenvalue weighted by atomic mass is 16.5. The number of esters is 1. The van der Waals surface area contributed by atoms with Gasteiger partial charge in [0.15, 0.2) is 11.5 Å². The molecule has 2 aromatic carbocycles. The van der Waals surface area contributed by atoms with Crippen LogP contribution >= 0.6 is 0 Å². The number of rotatable bonds is 13. The molecule has 0 aliphatic carbocycles. The molecule has 1 aliphatic rings. The SMILES string of the molecule is COc1cc(C2=CN(C(C)=O)C(C(C)C)C(=O)N2CC(=O)N[C@@H](Cc2ccccc2)C(=O)C(=O)OC(C)C)cc(OC)c1OC. The lowest BCUT2D eigenvalue weighted by Crippen LogP contribution is -2.57. The lowest BCUT2D eigenvalue weighted by atomic mass is 9.96. The number of ether oxygens (including phenoxy) is 4. The minimum Gasteiger partial charge on any atom is -0.493 e. The number of carbonyl (C=O) groups excluding carboxylic acids is 5. The Morgan fingerprint density at radius 1 is 0.911 bits per heavy atom. The lowest BCUT2D eigenvalue weighted by Gasteiger charge is -2.40. The molecular formula is C33H41N3O9. The van der Waals surface area contributed by atoms with Crippen LogP contribution in [0.25, 0.3) is 5.70 Å². The Morgan fingerprint density at radius 3 is 2.00 bits per heavy atom. The fourth-order valence-electron chi connectivity index (χ4n) is 5.05. The maximum Gasteiger partial charge on any atom is 0.377 e. The Hall–Kier alpha value is -4.87. The van der Waals surface area contributed by atoms with Gasteiger partial charge < -0.3 is 29.2 Å². The van der Waals surface area contributed by atoms with Crippen LogP contribution in [0.4, 0.5) is 0 Å². The van der Waals surface area contributed by atoms with Crippen LogP contribution in [-0.4, -0.2) is 85.3 Å². The summed E-state index contributed by atoms with van der Waals surface area (Å²) in [6.45, 7) is 7.65. The smallest absolute Gasteiger partial charge is 0.377 e. The molecule has 12 heteroatoms. The van der Waals surface area contributed by atoms with Crippen molar-refractivity contribution in [3.63, 3.8) is 0 Å². The van der Waals surface area contributed by atoms with E-state index < -0.39 is 48.3 Å². The van der Waals surface area contributed by atoms with E-state index in [-0.39, 0.29) is 23.9 Å². The average Bonchev–Trinajstić information content (AvgIpc) is 3.00. The summed E-state index contributed by atoms with van der Waals surface area (Å²) in [5.74, 6) is -2.97. The first-order valence-corrected chi connectivity index (χ1v) is 14.5. The van der Waals surface area contributed by atoms with Gasteiger partial charge in [-0.15, -0.1) is 0 Å². The van der Waals surface area contributed by atoms with Crippen LogP contribution in [-0.2, 0) is 35.1 Å². The van der Waals surface area contributed by atoms with E-state index in [0.717, 1.165) is 0 Å². The van der Waals surface area contributed by atoms with Crippen molar-refractivity contribution in [3.05, 3.63) is 59.8 Å². The number of nitrogens with one attached hydrogen (secondary N) is 1. The first-order chi connectivity index (χ1) is 21.3. The second kappa shape index (κ2) is 15.2. The molecule has 1 heterocycles. The fourth-order valence-corrected chi connectivity index (χ4v) is 5.05. The summed E-state index contributed by atoms with van der Waals surface area (Å²) >= 11 is 0. The number of amides is 3. The number of Topliss-reactive ketones (excluding diaryl/α,β-unsaturated/α-hetero) is 1. The highest BCUT2D eigenvalue weighted by Gasteiger charge is 2.41. The molecular weight excluding hydrogens is 582 g/mol. The standard InChI is InChI=1S/C33H41N3O9/c1-19(2)29-32(40)36(25(17-35(29)21(5)37)23-15-26(42-6)31(44-8)27(16-23)43-7)18-28(38)34-24(14-22-12-10-9-11-13-22)30(39)33(41)45-20(3)4/h9-13,15-17,19-20,24,29H,14,18H2,1-8H3,(H,34,38)/t24-,29?/m0/s1. The van der Waals surface area contributed by atoms with Gasteiger partial charge in [0, 0.05) is 25.1 Å². The molecule has 2 atom stereocenters. The zero-order valence-electron chi connectivity index (χ0n) is 26.9. The molecule has 12 nitrogen and oxygen atoms in total. The minimum atomic E-state index is -1.26. The van der Waals surface area contributed by atoms with Gasteiger partial charge in [-0.25, -0.2) is 4.79 Å². The molecule has 45 heavy (non-hydrogen) atoms. The van der Waals surface area contributed by atoms with Gasteiger partial charge in [0.25, 0.3) is 11.7 Å². The van der Waals surface area contributed by atoms with Crippen LogP contribution < -0.4 is 19.5 Å². The summed E-state index contributed by atoms with van der Waals surface area (Å²) in [5, 5.41) is 2.64. The predicted octanol–water partition coefficient (Wildman–Crippen LogP) is 2.97. The van der Waals surface area contributed by atoms with E-state index in [1.165, 1.54) is 44.3 Å². The van der Waals surface area contributed by atoms with Gasteiger partial charge in [-0.3, -0.25) is 24.1 Å². The third kappa shape index (κ3) is 8.20. The molecule has 0 spiro atoms. The molecule has 0 saturated heterocycles. The third-order valence-electron chi connectivity index (χ3n) is 7.11. The first-order valence-electron chi connectivity index (χ1n) is 14.5. The number of nitrogens with zero attached hydrogens (tertiary/aromatic N) is 2. The minimum absolute atomic E-state index is 0.0227. The Labute approximate surface area is 263 Å². The molecule has 1 unspecified atom stereocenters. The van der Waals surface area contributed by atoms with Crippen molar-refractivity contribution in [1.29, 1.82) is 0 Å². The summed E-state index contributed by atoms with van der Waals surface area (Å²) in [6, 6.07) is 9.94. The molecule has 0 radical (unpaired) electrons. The molecule has 0 fully saturated rings. The molecule has 0 aromatic heterocycles. The van der Waals surface area contributed by atoms with E-state index in [1.807, 2.05) is 0 Å². The lowest BCUT2D eigenvalue weighted by molar-refractivity contribution is -0.157. The van der Waals surface area contributed by atoms with Gasteiger partial charge in [-0.2, -0.15) is 0 Å². The number of ketones is 1. The largest absolute Gasteiger partial charge is 0.493 e. The van der Waals surface area contributed by atoms with E-state index in [0.29, 0.717) is 28.4 Å². The van der Waals surface area contributed by atoms with Crippen LogP contribution in [0, 0.1) is 5.92 Å². The number of carbonyl (C=O) groups is 5. The second-order valence-corrected chi connectivity index (χ2v) is 11.1. The van der Waals surface area contributed by atoms with E-state index in [9.17, 15) is 24.0 Å². The summed E-state index contributed by atoms with van der Waals surface area (Å²) in [7, 11) is 4.34. The Kier molecular flexibility index (Phi) is 11.7. The number of methoxy groups -OCH3 is 3. The predicted molar refractivity (Wildman–Crippen MR) is 165 cm³/mol. The van der Waals surface area contributed by atoms with Crippen molar-refractivity contribution in [2.45, 2.75) is 59.2 Å². The van der Waals surface area contributed by atoms with Crippen LogP contribution in [0.5, 0.6) is 17.2 Å². The van der Waals surface area contributed by atoms with E-state index in [4.69, 9.17) is 18.9 Å². The third-order valence-corrected chi connectivity index (χ3v) is 7.11. The summed E-state index contributed by atoms with van der Waals surface area (Å²) in [6.07, 6.45) is 0.993. The van der Waals surface area contributed by atoms with Crippen molar-refractivity contribution >= 4 is 35.2 Å². The Balaban J connectivity index is 2.06. The van der Waals surface area contributed by atoms with Crippen molar-refractivity contribution in [2.75, 3.05) is 27.9 Å². The molecule has 3 amide bonds. The van der Waals surface area contributed by atoms with E-state index in [2.05, 4.69) is 5.32 Å². The van der Waals surface area contributed by atoms with Gasteiger partial charge in [0.05, 0.1) is 33.1 Å².